The third-order valence-corrected chi connectivity index (χ3v) is 2.30. The summed E-state index contributed by atoms with van der Waals surface area (Å²) in [6.45, 7) is 2.80. The van der Waals surface area contributed by atoms with E-state index in [1.807, 2.05) is 7.05 Å². The summed E-state index contributed by atoms with van der Waals surface area (Å²) >= 11 is 0. The van der Waals surface area contributed by atoms with Crippen molar-refractivity contribution in [2.45, 2.75) is 25.8 Å². The molecule has 2 atom stereocenters. The van der Waals surface area contributed by atoms with E-state index >= 15 is 0 Å². The first-order valence-electron chi connectivity index (χ1n) is 3.86. The molecular weight excluding hydrogens is 124 g/mol. The van der Waals surface area contributed by atoms with Crippen molar-refractivity contribution in [1.29, 1.82) is 5.26 Å². The Bertz CT molecular complexity index is 148. The van der Waals surface area contributed by atoms with Gasteiger partial charge >= 0.3 is 0 Å². The zero-order valence-electron chi connectivity index (χ0n) is 6.67. The van der Waals surface area contributed by atoms with E-state index in [0.29, 0.717) is 12.6 Å². The van der Waals surface area contributed by atoms with Gasteiger partial charge in [-0.3, -0.25) is 4.90 Å². The Morgan fingerprint density at radius 3 is 2.80 bits per heavy atom. The second-order valence-corrected chi connectivity index (χ2v) is 3.04. The molecule has 0 aromatic carbocycles. The standard InChI is InChI=1S/C8H14N2/c1-3-7-6-8(7)10(2)5-4-9/h7-8H,3,5-6H2,1-2H3. The normalized spacial score (nSPS) is 30.2. The Hall–Kier alpha value is -0.550. The summed E-state index contributed by atoms with van der Waals surface area (Å²) in [5.74, 6) is 0.873. The lowest BCUT2D eigenvalue weighted by atomic mass is 10.3. The van der Waals surface area contributed by atoms with Crippen molar-refractivity contribution in [3.63, 3.8) is 0 Å². The van der Waals surface area contributed by atoms with Crippen molar-refractivity contribution in [2.75, 3.05) is 13.6 Å². The molecule has 0 heterocycles. The molecule has 1 aliphatic carbocycles. The average molecular weight is 138 g/mol. The third-order valence-electron chi connectivity index (χ3n) is 2.30. The second kappa shape index (κ2) is 3.03. The fourth-order valence-electron chi connectivity index (χ4n) is 1.44. The van der Waals surface area contributed by atoms with Gasteiger partial charge in [0.05, 0.1) is 12.6 Å². The van der Waals surface area contributed by atoms with Crippen LogP contribution in [0.25, 0.3) is 0 Å². The van der Waals surface area contributed by atoms with Crippen LogP contribution in [-0.4, -0.2) is 24.5 Å². The molecule has 0 N–H and O–H groups in total. The molecule has 10 heavy (non-hydrogen) atoms. The van der Waals surface area contributed by atoms with Crippen molar-refractivity contribution < 1.29 is 0 Å². The first-order chi connectivity index (χ1) is 4.79. The van der Waals surface area contributed by atoms with E-state index in [0.717, 1.165) is 5.92 Å². The maximum Gasteiger partial charge on any atom is 0.0865 e. The van der Waals surface area contributed by atoms with Crippen LogP contribution in [0.3, 0.4) is 0 Å². The SMILES string of the molecule is CCC1CC1N(C)CC#N. The Morgan fingerprint density at radius 1 is 1.70 bits per heavy atom. The highest BCUT2D eigenvalue weighted by Crippen LogP contribution is 2.36. The zero-order valence-corrected chi connectivity index (χ0v) is 6.67. The number of rotatable bonds is 3. The minimum absolute atomic E-state index is 0.584. The summed E-state index contributed by atoms with van der Waals surface area (Å²) in [5.41, 5.74) is 0. The number of nitriles is 1. The molecule has 0 bridgehead atoms. The first-order valence-corrected chi connectivity index (χ1v) is 3.86. The van der Waals surface area contributed by atoms with Gasteiger partial charge in [0.15, 0.2) is 0 Å². The lowest BCUT2D eigenvalue weighted by molar-refractivity contribution is 0.344. The third kappa shape index (κ3) is 1.48. The number of hydrogen-bond acceptors (Lipinski definition) is 2. The molecule has 1 saturated carbocycles. The van der Waals surface area contributed by atoms with Crippen LogP contribution in [0.1, 0.15) is 19.8 Å². The second-order valence-electron chi connectivity index (χ2n) is 3.04. The van der Waals surface area contributed by atoms with Crippen LogP contribution < -0.4 is 0 Å². The molecule has 0 amide bonds. The highest BCUT2D eigenvalue weighted by atomic mass is 15.2. The molecule has 2 unspecified atom stereocenters. The highest BCUT2D eigenvalue weighted by Gasteiger charge is 2.37. The predicted molar refractivity (Wildman–Crippen MR) is 40.4 cm³/mol. The topological polar surface area (TPSA) is 27.0 Å². The van der Waals surface area contributed by atoms with Crippen molar-refractivity contribution in [1.82, 2.24) is 4.90 Å². The van der Waals surface area contributed by atoms with Crippen LogP contribution in [-0.2, 0) is 0 Å². The quantitative estimate of drug-likeness (QED) is 0.549. The molecule has 0 aromatic rings. The van der Waals surface area contributed by atoms with Crippen LogP contribution in [0.2, 0.25) is 0 Å². The van der Waals surface area contributed by atoms with Gasteiger partial charge in [0.1, 0.15) is 0 Å². The molecule has 56 valence electrons. The fraction of sp³-hybridized carbons (Fsp3) is 0.875. The van der Waals surface area contributed by atoms with E-state index in [1.54, 1.807) is 0 Å². The van der Waals surface area contributed by atoms with Gasteiger partial charge in [-0.05, 0) is 19.4 Å². The molecule has 2 heteroatoms. The van der Waals surface area contributed by atoms with Crippen LogP contribution >= 0.6 is 0 Å². The summed E-state index contributed by atoms with van der Waals surface area (Å²) in [5, 5.41) is 8.38. The van der Waals surface area contributed by atoms with Gasteiger partial charge in [-0.15, -0.1) is 0 Å². The largest absolute Gasteiger partial charge is 0.290 e. The van der Waals surface area contributed by atoms with Gasteiger partial charge in [0.2, 0.25) is 0 Å². The Kier molecular flexibility index (Phi) is 2.29. The van der Waals surface area contributed by atoms with Crippen LogP contribution in [0.5, 0.6) is 0 Å². The van der Waals surface area contributed by atoms with Crippen molar-refractivity contribution in [2.24, 2.45) is 5.92 Å². The Balaban J connectivity index is 2.20. The van der Waals surface area contributed by atoms with E-state index in [-0.39, 0.29) is 0 Å². The monoisotopic (exact) mass is 138 g/mol. The van der Waals surface area contributed by atoms with E-state index in [1.165, 1.54) is 12.8 Å². The molecule has 1 rings (SSSR count). The molecular formula is C8H14N2. The van der Waals surface area contributed by atoms with E-state index in [4.69, 9.17) is 5.26 Å². The maximum absolute atomic E-state index is 8.38. The van der Waals surface area contributed by atoms with Gasteiger partial charge in [-0.1, -0.05) is 13.3 Å². The smallest absolute Gasteiger partial charge is 0.0865 e. The van der Waals surface area contributed by atoms with Crippen LogP contribution in [0.15, 0.2) is 0 Å². The first kappa shape index (κ1) is 7.56. The molecule has 0 saturated heterocycles. The average Bonchev–Trinajstić information content (AvgIpc) is 2.66. The summed E-state index contributed by atoms with van der Waals surface area (Å²) in [6.07, 6.45) is 2.56. The summed E-state index contributed by atoms with van der Waals surface area (Å²) in [4.78, 5) is 2.15. The van der Waals surface area contributed by atoms with Crippen LogP contribution in [0, 0.1) is 17.2 Å². The molecule has 0 radical (unpaired) electrons. The van der Waals surface area contributed by atoms with E-state index < -0.39 is 0 Å². The van der Waals surface area contributed by atoms with E-state index in [2.05, 4.69) is 17.9 Å². The van der Waals surface area contributed by atoms with Gasteiger partial charge in [-0.25, -0.2) is 0 Å². The van der Waals surface area contributed by atoms with Crippen molar-refractivity contribution >= 4 is 0 Å². The minimum Gasteiger partial charge on any atom is -0.290 e. The lowest BCUT2D eigenvalue weighted by Gasteiger charge is -2.10. The Morgan fingerprint density at radius 2 is 2.40 bits per heavy atom. The summed E-state index contributed by atoms with van der Waals surface area (Å²) in [7, 11) is 2.03. The summed E-state index contributed by atoms with van der Waals surface area (Å²) < 4.78 is 0. The molecule has 2 nitrogen and oxygen atoms in total. The van der Waals surface area contributed by atoms with Gasteiger partial charge in [0, 0.05) is 6.04 Å². The summed E-state index contributed by atoms with van der Waals surface area (Å²) in [6, 6.07) is 2.87. The number of hydrogen-bond donors (Lipinski definition) is 0. The lowest BCUT2D eigenvalue weighted by Crippen LogP contribution is -2.22. The van der Waals surface area contributed by atoms with Gasteiger partial charge in [-0.2, -0.15) is 5.26 Å². The highest BCUT2D eigenvalue weighted by molar-refractivity contribution is 4.95. The Labute approximate surface area is 62.4 Å². The molecule has 0 aliphatic heterocycles. The maximum atomic E-state index is 8.38. The molecule has 1 aliphatic rings. The van der Waals surface area contributed by atoms with Crippen molar-refractivity contribution in [3.8, 4) is 6.07 Å². The molecule has 0 spiro atoms. The molecule has 1 fully saturated rings. The minimum atomic E-state index is 0.584. The van der Waals surface area contributed by atoms with Gasteiger partial charge in [0.25, 0.3) is 0 Å². The fourth-order valence-corrected chi connectivity index (χ4v) is 1.44. The number of nitrogens with zero attached hydrogens (tertiary/aromatic N) is 2. The zero-order chi connectivity index (χ0) is 7.56. The molecule has 0 aromatic heterocycles. The van der Waals surface area contributed by atoms with Crippen LogP contribution in [0.4, 0.5) is 0 Å². The van der Waals surface area contributed by atoms with Crippen molar-refractivity contribution in [3.05, 3.63) is 0 Å². The van der Waals surface area contributed by atoms with E-state index in [9.17, 15) is 0 Å². The predicted octanol–water partition coefficient (Wildman–Crippen LogP) is 1.24. The van der Waals surface area contributed by atoms with Gasteiger partial charge < -0.3 is 0 Å².